The summed E-state index contributed by atoms with van der Waals surface area (Å²) in [5.41, 5.74) is 1.03. The number of hydrogen-bond acceptors (Lipinski definition) is 6. The van der Waals surface area contributed by atoms with Crippen molar-refractivity contribution >= 4 is 23.5 Å². The monoisotopic (exact) mass is 386 g/mol. The van der Waals surface area contributed by atoms with E-state index < -0.39 is 35.3 Å². The van der Waals surface area contributed by atoms with E-state index in [2.05, 4.69) is 6.58 Å². The third-order valence-electron chi connectivity index (χ3n) is 6.14. The Bertz CT molecular complexity index is 832. The molecule has 0 aromatic rings. The molecule has 0 N–H and O–H groups in total. The van der Waals surface area contributed by atoms with Gasteiger partial charge in [0.25, 0.3) is 0 Å². The second-order valence-electron chi connectivity index (χ2n) is 8.40. The molecule has 0 amide bonds. The molecule has 6 heteroatoms. The normalized spacial score (nSPS) is 35.4. The number of ketones is 2. The molecule has 3 rings (SSSR count). The summed E-state index contributed by atoms with van der Waals surface area (Å²) in [5, 5.41) is 0. The Morgan fingerprint density at radius 3 is 2.57 bits per heavy atom. The van der Waals surface area contributed by atoms with Crippen molar-refractivity contribution in [1.29, 1.82) is 0 Å². The van der Waals surface area contributed by atoms with E-state index >= 15 is 0 Å². The Morgan fingerprint density at radius 2 is 1.96 bits per heavy atom. The molecule has 0 unspecified atom stereocenters. The van der Waals surface area contributed by atoms with Crippen LogP contribution in [0.15, 0.2) is 35.5 Å². The van der Waals surface area contributed by atoms with Crippen molar-refractivity contribution in [2.24, 2.45) is 17.3 Å². The number of carbonyl (C=O) groups is 4. The zero-order valence-corrected chi connectivity index (χ0v) is 16.7. The van der Waals surface area contributed by atoms with Crippen molar-refractivity contribution in [3.05, 3.63) is 35.5 Å². The highest BCUT2D eigenvalue weighted by atomic mass is 16.6. The van der Waals surface area contributed by atoms with Crippen LogP contribution in [-0.4, -0.2) is 35.7 Å². The quantitative estimate of drug-likeness (QED) is 0.536. The van der Waals surface area contributed by atoms with Crippen LogP contribution in [-0.2, 0) is 28.7 Å². The molecule has 1 heterocycles. The maximum atomic E-state index is 13.0. The summed E-state index contributed by atoms with van der Waals surface area (Å²) >= 11 is 0. The average Bonchev–Trinajstić information content (AvgIpc) is 3.16. The van der Waals surface area contributed by atoms with Crippen LogP contribution in [0.25, 0.3) is 0 Å². The number of hydrogen-bond donors (Lipinski definition) is 0. The summed E-state index contributed by atoms with van der Waals surface area (Å²) in [6, 6.07) is 0. The predicted molar refractivity (Wildman–Crippen MR) is 101 cm³/mol. The fraction of sp³-hybridized carbons (Fsp3) is 0.545. The lowest BCUT2D eigenvalue weighted by Crippen LogP contribution is -2.35. The van der Waals surface area contributed by atoms with Gasteiger partial charge in [-0.2, -0.15) is 0 Å². The fourth-order valence-corrected chi connectivity index (χ4v) is 4.18. The van der Waals surface area contributed by atoms with Crippen molar-refractivity contribution in [3.63, 3.8) is 0 Å². The lowest BCUT2D eigenvalue weighted by Gasteiger charge is -2.26. The second-order valence-corrected chi connectivity index (χ2v) is 8.40. The molecule has 1 fully saturated rings. The van der Waals surface area contributed by atoms with Crippen LogP contribution >= 0.6 is 0 Å². The Kier molecular flexibility index (Phi) is 5.17. The molecule has 0 spiro atoms. The molecule has 2 aliphatic carbocycles. The van der Waals surface area contributed by atoms with E-state index in [-0.39, 0.29) is 23.2 Å². The van der Waals surface area contributed by atoms with Crippen LogP contribution in [0.2, 0.25) is 0 Å². The molecule has 1 saturated carbocycles. The lowest BCUT2D eigenvalue weighted by molar-refractivity contribution is -0.154. The molecule has 28 heavy (non-hydrogen) atoms. The molecule has 6 nitrogen and oxygen atoms in total. The van der Waals surface area contributed by atoms with Gasteiger partial charge in [-0.15, -0.1) is 0 Å². The molecule has 0 aromatic carbocycles. The first kappa shape index (κ1) is 20.2. The summed E-state index contributed by atoms with van der Waals surface area (Å²) in [6.07, 6.45) is 3.04. The molecule has 0 saturated heterocycles. The van der Waals surface area contributed by atoms with Gasteiger partial charge in [0.2, 0.25) is 0 Å². The average molecular weight is 386 g/mol. The van der Waals surface area contributed by atoms with Crippen LogP contribution < -0.4 is 0 Å². The van der Waals surface area contributed by atoms with Crippen molar-refractivity contribution in [2.75, 3.05) is 0 Å². The van der Waals surface area contributed by atoms with E-state index in [0.29, 0.717) is 30.4 Å². The number of ether oxygens (including phenoxy) is 2. The van der Waals surface area contributed by atoms with Crippen LogP contribution in [0.4, 0.5) is 0 Å². The van der Waals surface area contributed by atoms with Crippen LogP contribution in [0.3, 0.4) is 0 Å². The minimum Gasteiger partial charge on any atom is -0.454 e. The van der Waals surface area contributed by atoms with E-state index in [1.807, 2.05) is 13.0 Å². The van der Waals surface area contributed by atoms with E-state index in [9.17, 15) is 19.2 Å². The maximum Gasteiger partial charge on any atom is 0.334 e. The Hall–Kier alpha value is -2.50. The van der Waals surface area contributed by atoms with Crippen LogP contribution in [0, 0.1) is 17.3 Å². The van der Waals surface area contributed by atoms with Gasteiger partial charge in [0.15, 0.2) is 17.7 Å². The molecular formula is C22H26O6. The van der Waals surface area contributed by atoms with Gasteiger partial charge < -0.3 is 9.47 Å². The number of esters is 2. The van der Waals surface area contributed by atoms with Gasteiger partial charge in [0.05, 0.1) is 0 Å². The van der Waals surface area contributed by atoms with Crippen LogP contribution in [0.1, 0.15) is 47.0 Å². The first-order valence-corrected chi connectivity index (χ1v) is 9.55. The van der Waals surface area contributed by atoms with Gasteiger partial charge >= 0.3 is 11.9 Å². The van der Waals surface area contributed by atoms with Gasteiger partial charge in [0, 0.05) is 29.7 Å². The Labute approximate surface area is 164 Å². The molecule has 0 aromatic heterocycles. The second kappa shape index (κ2) is 7.15. The molecule has 3 aliphatic rings. The fourth-order valence-electron chi connectivity index (χ4n) is 4.18. The van der Waals surface area contributed by atoms with Gasteiger partial charge in [-0.1, -0.05) is 19.1 Å². The largest absolute Gasteiger partial charge is 0.454 e. The zero-order chi connectivity index (χ0) is 20.8. The van der Waals surface area contributed by atoms with E-state index in [4.69, 9.17) is 9.47 Å². The molecular weight excluding hydrogens is 360 g/mol. The summed E-state index contributed by atoms with van der Waals surface area (Å²) in [7, 11) is 0. The summed E-state index contributed by atoms with van der Waals surface area (Å²) in [5.74, 6) is -2.30. The third kappa shape index (κ3) is 3.60. The van der Waals surface area contributed by atoms with Gasteiger partial charge in [-0.3, -0.25) is 14.4 Å². The number of allylic oxidation sites excluding steroid dienone is 1. The van der Waals surface area contributed by atoms with Gasteiger partial charge in [-0.05, 0) is 50.8 Å². The highest BCUT2D eigenvalue weighted by Crippen LogP contribution is 2.58. The zero-order valence-electron chi connectivity index (χ0n) is 16.7. The summed E-state index contributed by atoms with van der Waals surface area (Å²) in [6.45, 7) is 10.4. The highest BCUT2D eigenvalue weighted by Gasteiger charge is 2.60. The predicted octanol–water partition coefficient (Wildman–Crippen LogP) is 2.87. The van der Waals surface area contributed by atoms with Crippen molar-refractivity contribution in [3.8, 4) is 0 Å². The Morgan fingerprint density at radius 1 is 1.29 bits per heavy atom. The van der Waals surface area contributed by atoms with Crippen molar-refractivity contribution < 1.29 is 28.7 Å². The number of rotatable bonds is 2. The van der Waals surface area contributed by atoms with E-state index in [1.165, 1.54) is 13.0 Å². The third-order valence-corrected chi connectivity index (χ3v) is 6.14. The van der Waals surface area contributed by atoms with Crippen molar-refractivity contribution in [1.82, 2.24) is 0 Å². The topological polar surface area (TPSA) is 86.7 Å². The van der Waals surface area contributed by atoms with E-state index in [0.717, 1.165) is 0 Å². The van der Waals surface area contributed by atoms with Gasteiger partial charge in [0.1, 0.15) is 6.10 Å². The minimum atomic E-state index is -1.07. The number of carbonyl (C=O) groups excluding carboxylic acids is 4. The summed E-state index contributed by atoms with van der Waals surface area (Å²) < 4.78 is 10.9. The standard InChI is InChI=1S/C22H26O6/c1-11(2)15-7-6-14-9-18(28-21(14)26)22(5)10-16(22)17(24)8-12(3)19(25)20(15)27-13(4)23/h8-9,15-16,18,20H,1,6-7,10H2,2-5H3/t15-,16+,18-,20-,22-/m0/s1. The Balaban J connectivity index is 2.02. The maximum absolute atomic E-state index is 13.0. The number of fused-ring (bicyclic) bond motifs is 3. The molecule has 150 valence electrons. The van der Waals surface area contributed by atoms with E-state index in [1.54, 1.807) is 13.8 Å². The molecule has 0 radical (unpaired) electrons. The highest BCUT2D eigenvalue weighted by molar-refractivity contribution is 6.06. The number of Topliss-reactive ketones (excluding diaryl/α,β-unsaturated/α-hetero) is 1. The lowest BCUT2D eigenvalue weighted by atomic mass is 9.85. The van der Waals surface area contributed by atoms with Gasteiger partial charge in [-0.25, -0.2) is 4.79 Å². The SMILES string of the molecule is C=C(C)[C@@H]1CCC2=C[C@H](OC2=O)[C@@]2(C)C[C@@H]2C(=O)C=C(C)C(=O)[C@H]1OC(C)=O. The summed E-state index contributed by atoms with van der Waals surface area (Å²) in [4.78, 5) is 49.7. The molecule has 5 atom stereocenters. The molecule has 1 aliphatic heterocycles. The smallest absolute Gasteiger partial charge is 0.334 e. The first-order chi connectivity index (χ1) is 13.0. The first-order valence-electron chi connectivity index (χ1n) is 9.55. The molecule has 2 bridgehead atoms. The van der Waals surface area contributed by atoms with Crippen LogP contribution in [0.5, 0.6) is 0 Å². The minimum absolute atomic E-state index is 0.168. The van der Waals surface area contributed by atoms with Crippen molar-refractivity contribution in [2.45, 2.75) is 59.2 Å².